The number of hydrogen-bond donors (Lipinski definition) is 1. The number of nitrogens with two attached hydrogens (primary N) is 1. The first-order chi connectivity index (χ1) is 16.1. The van der Waals surface area contributed by atoms with Crippen LogP contribution in [0.3, 0.4) is 0 Å². The molecular weight excluding hydrogens is 428 g/mol. The van der Waals surface area contributed by atoms with Crippen molar-refractivity contribution in [2.75, 3.05) is 34.4 Å². The topological polar surface area (TPSA) is 57.0 Å². The SMILES string of the molecule is CCCC1(OC)CCCC[Si]1(OC)OC.NCCN(Cc1ccccc1)Cc1ccccc1. The van der Waals surface area contributed by atoms with Crippen LogP contribution >= 0.6 is 0 Å². The van der Waals surface area contributed by atoms with Crippen LogP contribution in [-0.4, -0.2) is 53.1 Å². The van der Waals surface area contributed by atoms with E-state index in [9.17, 15) is 0 Å². The number of methoxy groups -OCH3 is 1. The molecule has 1 aliphatic rings. The lowest BCUT2D eigenvalue weighted by Gasteiger charge is -2.47. The second-order valence-electron chi connectivity index (χ2n) is 8.79. The molecule has 184 valence electrons. The van der Waals surface area contributed by atoms with Crippen molar-refractivity contribution < 1.29 is 13.6 Å². The summed E-state index contributed by atoms with van der Waals surface area (Å²) in [5, 5.41) is -0.122. The molecule has 1 atom stereocenters. The van der Waals surface area contributed by atoms with Crippen LogP contribution in [0.1, 0.15) is 50.2 Å². The lowest BCUT2D eigenvalue weighted by Crippen LogP contribution is -2.64. The molecule has 3 rings (SSSR count). The number of ether oxygens (including phenoxy) is 1. The minimum absolute atomic E-state index is 0.122. The number of nitrogens with zero attached hydrogens (tertiary/aromatic N) is 1. The first kappa shape index (κ1) is 27.7. The van der Waals surface area contributed by atoms with Gasteiger partial charge in [0.1, 0.15) is 5.22 Å². The van der Waals surface area contributed by atoms with E-state index in [4.69, 9.17) is 19.3 Å². The van der Waals surface area contributed by atoms with Crippen molar-refractivity contribution in [1.29, 1.82) is 0 Å². The zero-order valence-corrected chi connectivity index (χ0v) is 22.1. The molecule has 0 aliphatic carbocycles. The van der Waals surface area contributed by atoms with Crippen LogP contribution in [0, 0.1) is 0 Å². The van der Waals surface area contributed by atoms with Crippen LogP contribution in [-0.2, 0) is 26.7 Å². The van der Waals surface area contributed by atoms with Gasteiger partial charge in [-0.2, -0.15) is 0 Å². The molecule has 0 aromatic heterocycles. The zero-order valence-electron chi connectivity index (χ0n) is 21.1. The zero-order chi connectivity index (χ0) is 24.0. The average molecular weight is 473 g/mol. The lowest BCUT2D eigenvalue weighted by atomic mass is 10.1. The second kappa shape index (κ2) is 14.7. The van der Waals surface area contributed by atoms with Crippen molar-refractivity contribution in [1.82, 2.24) is 4.90 Å². The molecule has 1 unspecified atom stereocenters. The molecular formula is C27H44N2O3Si. The molecule has 5 nitrogen and oxygen atoms in total. The Morgan fingerprint density at radius 2 is 1.42 bits per heavy atom. The molecule has 6 heteroatoms. The Balaban J connectivity index is 0.000000238. The lowest BCUT2D eigenvalue weighted by molar-refractivity contribution is -0.0149. The van der Waals surface area contributed by atoms with Gasteiger partial charge in [-0.05, 0) is 30.0 Å². The average Bonchev–Trinajstić information content (AvgIpc) is 2.86. The smallest absolute Gasteiger partial charge is 0.370 e. The van der Waals surface area contributed by atoms with E-state index in [1.807, 2.05) is 12.1 Å². The third-order valence-corrected chi connectivity index (χ3v) is 11.1. The fraction of sp³-hybridized carbons (Fsp3) is 0.556. The summed E-state index contributed by atoms with van der Waals surface area (Å²) < 4.78 is 17.4. The number of rotatable bonds is 11. The molecule has 2 aromatic carbocycles. The van der Waals surface area contributed by atoms with E-state index in [1.54, 1.807) is 21.3 Å². The second-order valence-corrected chi connectivity index (χ2v) is 12.5. The summed E-state index contributed by atoms with van der Waals surface area (Å²) in [7, 11) is 3.22. The summed E-state index contributed by atoms with van der Waals surface area (Å²) in [6, 6.07) is 22.1. The summed E-state index contributed by atoms with van der Waals surface area (Å²) >= 11 is 0. The first-order valence-electron chi connectivity index (χ1n) is 12.2. The van der Waals surface area contributed by atoms with Crippen LogP contribution in [0.15, 0.2) is 60.7 Å². The highest BCUT2D eigenvalue weighted by molar-refractivity contribution is 6.70. The van der Waals surface area contributed by atoms with Gasteiger partial charge in [-0.1, -0.05) is 86.8 Å². The van der Waals surface area contributed by atoms with E-state index in [2.05, 4.69) is 60.4 Å². The van der Waals surface area contributed by atoms with Crippen LogP contribution in [0.2, 0.25) is 6.04 Å². The van der Waals surface area contributed by atoms with E-state index >= 15 is 0 Å². The van der Waals surface area contributed by atoms with E-state index < -0.39 is 8.56 Å². The van der Waals surface area contributed by atoms with E-state index in [1.165, 1.54) is 24.0 Å². The van der Waals surface area contributed by atoms with Gasteiger partial charge < -0.3 is 19.3 Å². The fourth-order valence-corrected chi connectivity index (χ4v) is 8.99. The summed E-state index contributed by atoms with van der Waals surface area (Å²) in [5.74, 6) is 0. The Morgan fingerprint density at radius 3 is 1.85 bits per heavy atom. The van der Waals surface area contributed by atoms with Crippen molar-refractivity contribution in [3.8, 4) is 0 Å². The van der Waals surface area contributed by atoms with Gasteiger partial charge in [0.25, 0.3) is 0 Å². The molecule has 33 heavy (non-hydrogen) atoms. The molecule has 1 fully saturated rings. The molecule has 1 aliphatic heterocycles. The summed E-state index contributed by atoms with van der Waals surface area (Å²) in [6.07, 6.45) is 5.70. The van der Waals surface area contributed by atoms with Crippen molar-refractivity contribution in [3.05, 3.63) is 71.8 Å². The van der Waals surface area contributed by atoms with Crippen LogP contribution in [0.25, 0.3) is 0 Å². The predicted molar refractivity (Wildman–Crippen MR) is 139 cm³/mol. The maximum atomic E-state index is 5.83. The minimum atomic E-state index is -2.15. The van der Waals surface area contributed by atoms with Crippen molar-refractivity contribution >= 4 is 8.56 Å². The molecule has 2 aromatic rings. The van der Waals surface area contributed by atoms with E-state index in [0.717, 1.165) is 44.9 Å². The van der Waals surface area contributed by atoms with Gasteiger partial charge in [-0.3, -0.25) is 4.90 Å². The molecule has 0 saturated carbocycles. The summed E-state index contributed by atoms with van der Waals surface area (Å²) in [5.41, 5.74) is 8.37. The summed E-state index contributed by atoms with van der Waals surface area (Å²) in [6.45, 7) is 5.71. The quantitative estimate of drug-likeness (QED) is 0.451. The maximum Gasteiger partial charge on any atom is 0.370 e. The van der Waals surface area contributed by atoms with Crippen LogP contribution in [0.5, 0.6) is 0 Å². The molecule has 1 saturated heterocycles. The third kappa shape index (κ3) is 7.74. The van der Waals surface area contributed by atoms with Crippen molar-refractivity contribution in [2.45, 2.75) is 63.4 Å². The number of hydrogen-bond acceptors (Lipinski definition) is 5. The fourth-order valence-electron chi connectivity index (χ4n) is 5.00. The molecule has 0 radical (unpaired) electrons. The molecule has 0 spiro atoms. The van der Waals surface area contributed by atoms with Gasteiger partial charge >= 0.3 is 8.56 Å². The first-order valence-corrected chi connectivity index (χ1v) is 14.3. The third-order valence-electron chi connectivity index (χ3n) is 6.68. The molecule has 2 N–H and O–H groups in total. The Labute approximate surface area is 202 Å². The monoisotopic (exact) mass is 472 g/mol. The highest BCUT2D eigenvalue weighted by atomic mass is 28.4. The van der Waals surface area contributed by atoms with Gasteiger partial charge in [-0.15, -0.1) is 0 Å². The highest BCUT2D eigenvalue weighted by Gasteiger charge is 2.58. The van der Waals surface area contributed by atoms with Gasteiger partial charge in [0, 0.05) is 47.5 Å². The Kier molecular flexibility index (Phi) is 12.3. The largest absolute Gasteiger partial charge is 0.396 e. The van der Waals surface area contributed by atoms with Gasteiger partial charge in [0.05, 0.1) is 0 Å². The van der Waals surface area contributed by atoms with Crippen molar-refractivity contribution in [2.24, 2.45) is 5.73 Å². The van der Waals surface area contributed by atoms with Crippen LogP contribution < -0.4 is 5.73 Å². The van der Waals surface area contributed by atoms with Gasteiger partial charge in [0.2, 0.25) is 0 Å². The Morgan fingerprint density at radius 1 is 0.879 bits per heavy atom. The van der Waals surface area contributed by atoms with Crippen molar-refractivity contribution in [3.63, 3.8) is 0 Å². The highest BCUT2D eigenvalue weighted by Crippen LogP contribution is 2.42. The Bertz CT molecular complexity index is 713. The standard InChI is InChI=1S/C16H20N2.C11H24O3Si/c17-11-12-18(13-15-7-3-1-4-8-15)14-16-9-5-2-6-10-16;1-5-8-11(12-2)9-6-7-10-15(11,13-3)14-4/h1-10H,11-14,17H2;5-10H2,1-4H3. The van der Waals surface area contributed by atoms with Gasteiger partial charge in [0.15, 0.2) is 0 Å². The molecule has 1 heterocycles. The van der Waals surface area contributed by atoms with Crippen LogP contribution in [0.4, 0.5) is 0 Å². The summed E-state index contributed by atoms with van der Waals surface area (Å²) in [4.78, 5) is 2.38. The van der Waals surface area contributed by atoms with E-state index in [0.29, 0.717) is 6.54 Å². The molecule has 0 amide bonds. The number of benzene rings is 2. The van der Waals surface area contributed by atoms with E-state index in [-0.39, 0.29) is 5.22 Å². The van der Waals surface area contributed by atoms with Gasteiger partial charge in [-0.25, -0.2) is 0 Å². The normalized spacial score (nSPS) is 19.7. The maximum absolute atomic E-state index is 5.83. The predicted octanol–water partition coefficient (Wildman–Crippen LogP) is 5.28. The Hall–Kier alpha value is -1.54. The molecule has 0 bridgehead atoms. The minimum Gasteiger partial charge on any atom is -0.396 e.